The average Bonchev–Trinajstić information content (AvgIpc) is 2.48. The Kier molecular flexibility index (Phi) is 8.54. The van der Waals surface area contributed by atoms with Crippen molar-refractivity contribution < 1.29 is 19.4 Å². The van der Waals surface area contributed by atoms with E-state index < -0.39 is 5.97 Å². The van der Waals surface area contributed by atoms with Crippen molar-refractivity contribution in [2.45, 2.75) is 17.7 Å². The zero-order chi connectivity index (χ0) is 15.5. The molecule has 1 amide bonds. The molecule has 5 nitrogen and oxygen atoms in total. The summed E-state index contributed by atoms with van der Waals surface area (Å²) in [6, 6.07) is 9.98. The van der Waals surface area contributed by atoms with Gasteiger partial charge in [0.1, 0.15) is 6.54 Å². The van der Waals surface area contributed by atoms with Gasteiger partial charge in [-0.2, -0.15) is 0 Å². The third kappa shape index (κ3) is 7.72. The van der Waals surface area contributed by atoms with Gasteiger partial charge in [-0.15, -0.1) is 11.8 Å². The number of benzene rings is 1. The maximum atomic E-state index is 12.0. The molecule has 0 saturated carbocycles. The van der Waals surface area contributed by atoms with Crippen LogP contribution in [0, 0.1) is 0 Å². The largest absolute Gasteiger partial charge is 0.480 e. The Morgan fingerprint density at radius 3 is 2.62 bits per heavy atom. The lowest BCUT2D eigenvalue weighted by Gasteiger charge is -2.20. The van der Waals surface area contributed by atoms with Crippen LogP contribution in [0.1, 0.15) is 12.8 Å². The van der Waals surface area contributed by atoms with E-state index in [0.717, 1.165) is 12.2 Å². The maximum absolute atomic E-state index is 12.0. The highest BCUT2D eigenvalue weighted by molar-refractivity contribution is 7.99. The van der Waals surface area contributed by atoms with Gasteiger partial charge in [-0.1, -0.05) is 18.2 Å². The highest BCUT2D eigenvalue weighted by Crippen LogP contribution is 2.18. The van der Waals surface area contributed by atoms with Crippen LogP contribution in [0.25, 0.3) is 0 Å². The molecule has 116 valence electrons. The minimum atomic E-state index is -1.00. The third-order valence-corrected chi connectivity index (χ3v) is 3.89. The van der Waals surface area contributed by atoms with Gasteiger partial charge in [-0.05, 0) is 24.3 Å². The highest BCUT2D eigenvalue weighted by atomic mass is 32.2. The molecule has 6 heteroatoms. The SMILES string of the molecule is COCCN(CC(=O)O)C(=O)CCCSc1ccccc1. The number of thioether (sulfide) groups is 1. The van der Waals surface area contributed by atoms with Crippen molar-refractivity contribution in [1.82, 2.24) is 4.90 Å². The first kappa shape index (κ1) is 17.5. The number of rotatable bonds is 10. The van der Waals surface area contributed by atoms with E-state index >= 15 is 0 Å². The molecule has 0 saturated heterocycles. The van der Waals surface area contributed by atoms with Gasteiger partial charge in [0.25, 0.3) is 0 Å². The zero-order valence-electron chi connectivity index (χ0n) is 12.2. The van der Waals surface area contributed by atoms with Crippen LogP contribution in [0.2, 0.25) is 0 Å². The number of carboxylic acids is 1. The second kappa shape index (κ2) is 10.2. The Labute approximate surface area is 129 Å². The molecule has 0 aliphatic carbocycles. The number of hydrogen-bond donors (Lipinski definition) is 1. The van der Waals surface area contributed by atoms with Gasteiger partial charge < -0.3 is 14.7 Å². The predicted molar refractivity (Wildman–Crippen MR) is 82.5 cm³/mol. The number of methoxy groups -OCH3 is 1. The molecular formula is C15H21NO4S. The number of hydrogen-bond acceptors (Lipinski definition) is 4. The van der Waals surface area contributed by atoms with Crippen LogP contribution in [0.4, 0.5) is 0 Å². The smallest absolute Gasteiger partial charge is 0.323 e. The Balaban J connectivity index is 2.30. The normalized spacial score (nSPS) is 10.3. The minimum Gasteiger partial charge on any atom is -0.480 e. The topological polar surface area (TPSA) is 66.8 Å². The Bertz CT molecular complexity index is 439. The molecule has 0 heterocycles. The summed E-state index contributed by atoms with van der Waals surface area (Å²) in [4.78, 5) is 25.3. The highest BCUT2D eigenvalue weighted by Gasteiger charge is 2.15. The fourth-order valence-corrected chi connectivity index (χ4v) is 2.62. The molecule has 0 radical (unpaired) electrons. The van der Waals surface area contributed by atoms with Crippen molar-refractivity contribution in [3.8, 4) is 0 Å². The Morgan fingerprint density at radius 2 is 2.00 bits per heavy atom. The fraction of sp³-hybridized carbons (Fsp3) is 0.467. The summed E-state index contributed by atoms with van der Waals surface area (Å²) < 4.78 is 4.90. The fourth-order valence-electron chi connectivity index (χ4n) is 1.74. The molecule has 1 aromatic rings. The molecule has 0 aromatic heterocycles. The van der Waals surface area contributed by atoms with Crippen LogP contribution >= 0.6 is 11.8 Å². The number of carbonyl (C=O) groups is 2. The van der Waals surface area contributed by atoms with Crippen molar-refractivity contribution >= 4 is 23.6 Å². The lowest BCUT2D eigenvalue weighted by Crippen LogP contribution is -2.37. The molecule has 0 aliphatic heterocycles. The van der Waals surface area contributed by atoms with Gasteiger partial charge in [0.05, 0.1) is 6.61 Å². The Hall–Kier alpha value is -1.53. The van der Waals surface area contributed by atoms with Gasteiger partial charge in [-0.25, -0.2) is 0 Å². The lowest BCUT2D eigenvalue weighted by atomic mass is 10.3. The summed E-state index contributed by atoms with van der Waals surface area (Å²) >= 11 is 1.69. The van der Waals surface area contributed by atoms with Crippen LogP contribution in [0.3, 0.4) is 0 Å². The van der Waals surface area contributed by atoms with Gasteiger partial charge in [0.2, 0.25) is 5.91 Å². The summed E-state index contributed by atoms with van der Waals surface area (Å²) in [6.07, 6.45) is 1.08. The van der Waals surface area contributed by atoms with Crippen molar-refractivity contribution in [2.75, 3.05) is 32.6 Å². The number of amides is 1. The summed E-state index contributed by atoms with van der Waals surface area (Å²) in [5.41, 5.74) is 0. The van der Waals surface area contributed by atoms with E-state index in [4.69, 9.17) is 9.84 Å². The Morgan fingerprint density at radius 1 is 1.29 bits per heavy atom. The maximum Gasteiger partial charge on any atom is 0.323 e. The van der Waals surface area contributed by atoms with E-state index in [1.165, 1.54) is 16.9 Å². The van der Waals surface area contributed by atoms with Crippen LogP contribution in [-0.4, -0.2) is 54.4 Å². The van der Waals surface area contributed by atoms with E-state index in [1.54, 1.807) is 11.8 Å². The van der Waals surface area contributed by atoms with Crippen LogP contribution in [-0.2, 0) is 14.3 Å². The van der Waals surface area contributed by atoms with Crippen molar-refractivity contribution in [3.05, 3.63) is 30.3 Å². The predicted octanol–water partition coefficient (Wildman–Crippen LogP) is 2.12. The molecule has 0 bridgehead atoms. The van der Waals surface area contributed by atoms with E-state index in [0.29, 0.717) is 19.6 Å². The van der Waals surface area contributed by atoms with E-state index in [9.17, 15) is 9.59 Å². The average molecular weight is 311 g/mol. The second-order valence-electron chi connectivity index (χ2n) is 4.47. The minimum absolute atomic E-state index is 0.136. The molecule has 0 atom stereocenters. The van der Waals surface area contributed by atoms with Gasteiger partial charge in [0, 0.05) is 25.0 Å². The van der Waals surface area contributed by atoms with Crippen molar-refractivity contribution in [1.29, 1.82) is 0 Å². The van der Waals surface area contributed by atoms with E-state index in [-0.39, 0.29) is 12.5 Å². The second-order valence-corrected chi connectivity index (χ2v) is 5.64. The third-order valence-electron chi connectivity index (χ3n) is 2.79. The molecule has 1 aromatic carbocycles. The lowest BCUT2D eigenvalue weighted by molar-refractivity contribution is -0.144. The molecule has 0 aliphatic rings. The molecule has 1 N–H and O–H groups in total. The van der Waals surface area contributed by atoms with Gasteiger partial charge in [0.15, 0.2) is 0 Å². The molecule has 21 heavy (non-hydrogen) atoms. The number of carbonyl (C=O) groups excluding carboxylic acids is 1. The molecule has 0 unspecified atom stereocenters. The first-order valence-corrected chi connectivity index (χ1v) is 7.78. The van der Waals surface area contributed by atoms with Gasteiger partial charge in [-0.3, -0.25) is 9.59 Å². The van der Waals surface area contributed by atoms with Crippen LogP contribution in [0.5, 0.6) is 0 Å². The summed E-state index contributed by atoms with van der Waals surface area (Å²) in [7, 11) is 1.53. The molecular weight excluding hydrogens is 290 g/mol. The monoisotopic (exact) mass is 311 g/mol. The molecule has 1 rings (SSSR count). The van der Waals surface area contributed by atoms with Crippen LogP contribution < -0.4 is 0 Å². The van der Waals surface area contributed by atoms with Crippen molar-refractivity contribution in [2.24, 2.45) is 0 Å². The summed E-state index contributed by atoms with van der Waals surface area (Å²) in [5.74, 6) is -0.303. The van der Waals surface area contributed by atoms with E-state index in [1.807, 2.05) is 30.3 Å². The number of carboxylic acid groups (broad SMARTS) is 1. The quantitative estimate of drug-likeness (QED) is 0.529. The summed E-state index contributed by atoms with van der Waals surface area (Å²) in [5, 5.41) is 8.81. The summed E-state index contributed by atoms with van der Waals surface area (Å²) in [6.45, 7) is 0.388. The number of aliphatic carboxylic acids is 1. The van der Waals surface area contributed by atoms with Gasteiger partial charge >= 0.3 is 5.97 Å². The number of nitrogens with zero attached hydrogens (tertiary/aromatic N) is 1. The molecule has 0 fully saturated rings. The number of ether oxygens (including phenoxy) is 1. The van der Waals surface area contributed by atoms with E-state index in [2.05, 4.69) is 0 Å². The van der Waals surface area contributed by atoms with Crippen molar-refractivity contribution in [3.63, 3.8) is 0 Å². The first-order chi connectivity index (χ1) is 10.1. The first-order valence-electron chi connectivity index (χ1n) is 6.80. The standard InChI is InChI=1S/C15H21NO4S/c1-20-10-9-16(12-15(18)19)14(17)8-5-11-21-13-6-3-2-4-7-13/h2-4,6-7H,5,8-12H2,1H3,(H,18,19). The zero-order valence-corrected chi connectivity index (χ0v) is 13.0. The van der Waals surface area contributed by atoms with Crippen LogP contribution in [0.15, 0.2) is 35.2 Å². The molecule has 0 spiro atoms.